The van der Waals surface area contributed by atoms with Gasteiger partial charge in [0.05, 0.1) is 5.56 Å². The Hall–Kier alpha value is -2.92. The van der Waals surface area contributed by atoms with Crippen LogP contribution >= 0.6 is 11.3 Å². The summed E-state index contributed by atoms with van der Waals surface area (Å²) in [7, 11) is 0. The number of fused-ring (bicyclic) bond motifs is 1. The molecule has 3 aromatic rings. The fourth-order valence-electron chi connectivity index (χ4n) is 4.13. The molecule has 1 heterocycles. The van der Waals surface area contributed by atoms with Crippen LogP contribution in [0.4, 0.5) is 5.00 Å². The molecule has 2 N–H and O–H groups in total. The molecule has 2 amide bonds. The lowest BCUT2D eigenvalue weighted by molar-refractivity contribution is 0.0954. The highest BCUT2D eigenvalue weighted by Gasteiger charge is 2.28. The molecule has 0 radical (unpaired) electrons. The Morgan fingerprint density at radius 1 is 1.03 bits per heavy atom. The van der Waals surface area contributed by atoms with E-state index in [4.69, 9.17) is 0 Å². The summed E-state index contributed by atoms with van der Waals surface area (Å²) in [6.45, 7) is 4.73. The summed E-state index contributed by atoms with van der Waals surface area (Å²) < 4.78 is 0. The first-order valence-electron chi connectivity index (χ1n) is 10.9. The van der Waals surface area contributed by atoms with Gasteiger partial charge in [0, 0.05) is 17.0 Å². The SMILES string of the molecule is Cc1ccccc1C(=O)Nc1sc2c(c1C(=O)NCCc1ccccc1)CCC(C)C2. The zero-order valence-electron chi connectivity index (χ0n) is 18.0. The molecule has 1 unspecified atom stereocenters. The number of aryl methyl sites for hydroxylation is 1. The minimum Gasteiger partial charge on any atom is -0.352 e. The Kier molecular flexibility index (Phi) is 6.52. The van der Waals surface area contributed by atoms with Crippen molar-refractivity contribution in [2.45, 2.75) is 39.5 Å². The number of rotatable bonds is 6. The Morgan fingerprint density at radius 3 is 2.55 bits per heavy atom. The van der Waals surface area contributed by atoms with Gasteiger partial charge in [0.2, 0.25) is 0 Å². The Morgan fingerprint density at radius 2 is 1.77 bits per heavy atom. The number of hydrogen-bond acceptors (Lipinski definition) is 3. The molecule has 4 nitrogen and oxygen atoms in total. The smallest absolute Gasteiger partial charge is 0.256 e. The molecule has 2 aromatic carbocycles. The van der Waals surface area contributed by atoms with Gasteiger partial charge in [0.15, 0.2) is 0 Å². The second-order valence-electron chi connectivity index (χ2n) is 8.32. The van der Waals surface area contributed by atoms with Crippen molar-refractivity contribution >= 4 is 28.2 Å². The average Bonchev–Trinajstić information content (AvgIpc) is 3.11. The maximum Gasteiger partial charge on any atom is 0.256 e. The van der Waals surface area contributed by atoms with Crippen LogP contribution in [-0.4, -0.2) is 18.4 Å². The molecule has 31 heavy (non-hydrogen) atoms. The van der Waals surface area contributed by atoms with Crippen LogP contribution in [0.15, 0.2) is 54.6 Å². The predicted octanol–water partition coefficient (Wildman–Crippen LogP) is 5.41. The Balaban J connectivity index is 1.56. The van der Waals surface area contributed by atoms with Gasteiger partial charge in [-0.25, -0.2) is 0 Å². The van der Waals surface area contributed by atoms with E-state index in [9.17, 15) is 9.59 Å². The van der Waals surface area contributed by atoms with Crippen LogP contribution < -0.4 is 10.6 Å². The zero-order valence-corrected chi connectivity index (χ0v) is 18.9. The van der Waals surface area contributed by atoms with E-state index in [1.54, 1.807) is 11.3 Å². The highest BCUT2D eigenvalue weighted by molar-refractivity contribution is 7.17. The van der Waals surface area contributed by atoms with Crippen LogP contribution in [0.3, 0.4) is 0 Å². The van der Waals surface area contributed by atoms with Gasteiger partial charge in [0.1, 0.15) is 5.00 Å². The summed E-state index contributed by atoms with van der Waals surface area (Å²) >= 11 is 1.56. The topological polar surface area (TPSA) is 58.2 Å². The minimum absolute atomic E-state index is 0.0944. The quantitative estimate of drug-likeness (QED) is 0.547. The van der Waals surface area contributed by atoms with Gasteiger partial charge < -0.3 is 10.6 Å². The molecule has 0 bridgehead atoms. The van der Waals surface area contributed by atoms with Crippen molar-refractivity contribution in [1.29, 1.82) is 0 Å². The van der Waals surface area contributed by atoms with Gasteiger partial charge in [-0.15, -0.1) is 11.3 Å². The maximum absolute atomic E-state index is 13.2. The van der Waals surface area contributed by atoms with Gasteiger partial charge in [0.25, 0.3) is 11.8 Å². The summed E-state index contributed by atoms with van der Waals surface area (Å²) in [6.07, 6.45) is 3.69. The molecule has 0 saturated carbocycles. The standard InChI is InChI=1S/C26H28N2O2S/c1-17-12-13-21-22(16-17)31-26(28-24(29)20-11-7-6-8-18(20)2)23(21)25(30)27-15-14-19-9-4-3-5-10-19/h3-11,17H,12-16H2,1-2H3,(H,27,30)(H,28,29). The molecule has 1 aromatic heterocycles. The van der Waals surface area contributed by atoms with E-state index in [1.807, 2.05) is 49.4 Å². The van der Waals surface area contributed by atoms with Crippen LogP contribution in [-0.2, 0) is 19.3 Å². The largest absolute Gasteiger partial charge is 0.352 e. The van der Waals surface area contributed by atoms with Crippen LogP contribution in [0, 0.1) is 12.8 Å². The molecule has 0 fully saturated rings. The van der Waals surface area contributed by atoms with Crippen LogP contribution in [0.2, 0.25) is 0 Å². The molecule has 0 spiro atoms. The molecule has 5 heteroatoms. The number of amides is 2. The van der Waals surface area contributed by atoms with E-state index in [2.05, 4.69) is 29.7 Å². The number of benzene rings is 2. The first kappa shape index (κ1) is 21.3. The van der Waals surface area contributed by atoms with E-state index in [1.165, 1.54) is 10.4 Å². The van der Waals surface area contributed by atoms with Crippen LogP contribution in [0.5, 0.6) is 0 Å². The highest BCUT2D eigenvalue weighted by atomic mass is 32.1. The lowest BCUT2D eigenvalue weighted by atomic mass is 9.88. The second kappa shape index (κ2) is 9.48. The van der Waals surface area contributed by atoms with E-state index < -0.39 is 0 Å². The lowest BCUT2D eigenvalue weighted by Gasteiger charge is -2.18. The number of hydrogen-bond donors (Lipinski definition) is 2. The van der Waals surface area contributed by atoms with Crippen molar-refractivity contribution in [3.63, 3.8) is 0 Å². The van der Waals surface area contributed by atoms with Gasteiger partial charge >= 0.3 is 0 Å². The van der Waals surface area contributed by atoms with Crippen LogP contribution in [0.1, 0.15) is 55.6 Å². The molecule has 160 valence electrons. The Labute approximate surface area is 187 Å². The fraction of sp³-hybridized carbons (Fsp3) is 0.308. The fourth-order valence-corrected chi connectivity index (χ4v) is 5.53. The van der Waals surface area contributed by atoms with Crippen molar-refractivity contribution in [1.82, 2.24) is 5.32 Å². The van der Waals surface area contributed by atoms with E-state index in [0.29, 0.717) is 28.6 Å². The van der Waals surface area contributed by atoms with Gasteiger partial charge in [-0.3, -0.25) is 9.59 Å². The summed E-state index contributed by atoms with van der Waals surface area (Å²) in [5, 5.41) is 6.79. The third kappa shape index (κ3) is 4.88. The number of nitrogens with one attached hydrogen (secondary N) is 2. The molecular weight excluding hydrogens is 404 g/mol. The van der Waals surface area contributed by atoms with E-state index in [0.717, 1.165) is 36.8 Å². The van der Waals surface area contributed by atoms with Crippen molar-refractivity contribution < 1.29 is 9.59 Å². The molecule has 4 rings (SSSR count). The molecule has 0 aliphatic heterocycles. The van der Waals surface area contributed by atoms with Gasteiger partial charge in [-0.1, -0.05) is 55.5 Å². The minimum atomic E-state index is -0.164. The number of thiophene rings is 1. The average molecular weight is 433 g/mol. The Bertz CT molecular complexity index is 1090. The third-order valence-electron chi connectivity index (χ3n) is 5.90. The highest BCUT2D eigenvalue weighted by Crippen LogP contribution is 2.40. The summed E-state index contributed by atoms with van der Waals surface area (Å²) in [5.74, 6) is 0.339. The first-order chi connectivity index (χ1) is 15.0. The molecule has 1 aliphatic carbocycles. The molecule has 1 atom stereocenters. The summed E-state index contributed by atoms with van der Waals surface area (Å²) in [5.41, 5.74) is 4.51. The summed E-state index contributed by atoms with van der Waals surface area (Å²) in [6, 6.07) is 17.7. The monoisotopic (exact) mass is 432 g/mol. The first-order valence-corrected chi connectivity index (χ1v) is 11.7. The maximum atomic E-state index is 13.2. The molecule has 1 aliphatic rings. The zero-order chi connectivity index (χ0) is 21.8. The van der Waals surface area contributed by atoms with Crippen LogP contribution in [0.25, 0.3) is 0 Å². The molecule has 0 saturated heterocycles. The van der Waals surface area contributed by atoms with E-state index in [-0.39, 0.29) is 11.8 Å². The normalized spacial score (nSPS) is 15.2. The van der Waals surface area contributed by atoms with Crippen molar-refractivity contribution in [3.05, 3.63) is 87.3 Å². The predicted molar refractivity (Wildman–Crippen MR) is 127 cm³/mol. The second-order valence-corrected chi connectivity index (χ2v) is 9.42. The van der Waals surface area contributed by atoms with Crippen molar-refractivity contribution in [2.24, 2.45) is 5.92 Å². The third-order valence-corrected chi connectivity index (χ3v) is 7.07. The van der Waals surface area contributed by atoms with Crippen molar-refractivity contribution in [3.8, 4) is 0 Å². The van der Waals surface area contributed by atoms with E-state index >= 15 is 0 Å². The van der Waals surface area contributed by atoms with Gasteiger partial charge in [-0.2, -0.15) is 0 Å². The number of carbonyl (C=O) groups excluding carboxylic acids is 2. The number of anilines is 1. The lowest BCUT2D eigenvalue weighted by Crippen LogP contribution is -2.28. The summed E-state index contributed by atoms with van der Waals surface area (Å²) in [4.78, 5) is 27.4. The number of carbonyl (C=O) groups is 2. The molecular formula is C26H28N2O2S. The van der Waals surface area contributed by atoms with Crippen molar-refractivity contribution in [2.75, 3.05) is 11.9 Å². The van der Waals surface area contributed by atoms with Gasteiger partial charge in [-0.05, 0) is 61.3 Å².